The Balaban J connectivity index is 2.90. The van der Waals surface area contributed by atoms with E-state index in [1.54, 1.807) is 18.2 Å². The molecule has 0 saturated carbocycles. The highest BCUT2D eigenvalue weighted by Gasteiger charge is 2.19. The van der Waals surface area contributed by atoms with Gasteiger partial charge in [0.2, 0.25) is 0 Å². The van der Waals surface area contributed by atoms with Crippen molar-refractivity contribution < 1.29 is 4.79 Å². The minimum Gasteiger partial charge on any atom is -0.392 e. The van der Waals surface area contributed by atoms with Crippen molar-refractivity contribution >= 4 is 50.6 Å². The lowest BCUT2D eigenvalue weighted by Crippen LogP contribution is -2.46. The van der Waals surface area contributed by atoms with Gasteiger partial charge < -0.3 is 11.1 Å². The monoisotopic (exact) mass is 348 g/mol. The summed E-state index contributed by atoms with van der Waals surface area (Å²) in [6.07, 6.45) is 0. The summed E-state index contributed by atoms with van der Waals surface area (Å²) in [5, 5.41) is 3.29. The summed E-state index contributed by atoms with van der Waals surface area (Å²) in [5.41, 5.74) is 6.07. The Bertz CT molecular complexity index is 459. The van der Waals surface area contributed by atoms with Gasteiger partial charge in [-0.05, 0) is 24.1 Å². The van der Waals surface area contributed by atoms with Gasteiger partial charge in [-0.25, -0.2) is 0 Å². The molecular formula is C12H14BrClN2OS. The lowest BCUT2D eigenvalue weighted by Gasteiger charge is -2.21. The number of rotatable bonds is 4. The van der Waals surface area contributed by atoms with Crippen LogP contribution in [0.2, 0.25) is 5.02 Å². The first-order valence-electron chi connectivity index (χ1n) is 5.37. The number of hydrogen-bond donors (Lipinski definition) is 2. The van der Waals surface area contributed by atoms with Crippen LogP contribution in [-0.4, -0.2) is 16.9 Å². The maximum absolute atomic E-state index is 12.1. The van der Waals surface area contributed by atoms with Gasteiger partial charge in [0.15, 0.2) is 0 Å². The predicted molar refractivity (Wildman–Crippen MR) is 82.0 cm³/mol. The first-order valence-corrected chi connectivity index (χ1v) is 6.95. The molecule has 1 unspecified atom stereocenters. The van der Waals surface area contributed by atoms with Crippen LogP contribution in [0.25, 0.3) is 0 Å². The molecule has 6 heteroatoms. The van der Waals surface area contributed by atoms with Crippen molar-refractivity contribution in [3.8, 4) is 0 Å². The summed E-state index contributed by atoms with van der Waals surface area (Å²) >= 11 is 14.1. The van der Waals surface area contributed by atoms with Crippen molar-refractivity contribution in [3.05, 3.63) is 33.3 Å². The molecule has 18 heavy (non-hydrogen) atoms. The summed E-state index contributed by atoms with van der Waals surface area (Å²) in [6.45, 7) is 3.88. The molecule has 0 spiro atoms. The van der Waals surface area contributed by atoms with E-state index in [9.17, 15) is 4.79 Å². The van der Waals surface area contributed by atoms with E-state index in [1.165, 1.54) is 0 Å². The molecule has 3 N–H and O–H groups in total. The molecule has 0 radical (unpaired) electrons. The molecule has 1 rings (SSSR count). The third-order valence-electron chi connectivity index (χ3n) is 2.38. The maximum Gasteiger partial charge on any atom is 0.251 e. The first-order chi connectivity index (χ1) is 8.31. The number of amides is 1. The molecule has 3 nitrogen and oxygen atoms in total. The molecule has 0 aromatic heterocycles. The Hall–Kier alpha value is -0.650. The Morgan fingerprint density at radius 1 is 1.44 bits per heavy atom. The van der Waals surface area contributed by atoms with E-state index in [2.05, 4.69) is 21.2 Å². The van der Waals surface area contributed by atoms with Crippen LogP contribution in [0.4, 0.5) is 0 Å². The fourth-order valence-corrected chi connectivity index (χ4v) is 2.67. The average molecular weight is 350 g/mol. The van der Waals surface area contributed by atoms with Crippen LogP contribution in [0.1, 0.15) is 24.2 Å². The maximum atomic E-state index is 12.1. The number of hydrogen-bond acceptors (Lipinski definition) is 2. The van der Waals surface area contributed by atoms with Crippen LogP contribution >= 0.6 is 39.7 Å². The minimum absolute atomic E-state index is 0.133. The molecule has 0 aliphatic carbocycles. The molecular weight excluding hydrogens is 336 g/mol. The molecule has 1 atom stereocenters. The Morgan fingerprint density at radius 3 is 2.50 bits per heavy atom. The highest BCUT2D eigenvalue weighted by atomic mass is 79.9. The number of nitrogens with one attached hydrogen (secondary N) is 1. The lowest BCUT2D eigenvalue weighted by atomic mass is 10.0. The van der Waals surface area contributed by atoms with Gasteiger partial charge in [0.25, 0.3) is 5.91 Å². The molecule has 0 bridgehead atoms. The molecule has 98 valence electrons. The van der Waals surface area contributed by atoms with E-state index in [0.717, 1.165) is 4.47 Å². The van der Waals surface area contributed by atoms with Crippen molar-refractivity contribution in [1.82, 2.24) is 5.32 Å². The quantitative estimate of drug-likeness (QED) is 0.821. The van der Waals surface area contributed by atoms with E-state index in [1.807, 2.05) is 13.8 Å². The Kier molecular flexibility index (Phi) is 5.56. The lowest BCUT2D eigenvalue weighted by molar-refractivity contribution is 0.0940. The minimum atomic E-state index is -0.328. The molecule has 0 heterocycles. The van der Waals surface area contributed by atoms with Crippen LogP contribution in [-0.2, 0) is 0 Å². The number of nitrogens with two attached hydrogens (primary N) is 1. The average Bonchev–Trinajstić information content (AvgIpc) is 2.23. The van der Waals surface area contributed by atoms with Crippen molar-refractivity contribution in [2.75, 3.05) is 0 Å². The van der Waals surface area contributed by atoms with Gasteiger partial charge in [-0.15, -0.1) is 0 Å². The molecule has 0 saturated heterocycles. The van der Waals surface area contributed by atoms with Gasteiger partial charge in [-0.3, -0.25) is 4.79 Å². The third kappa shape index (κ3) is 4.23. The molecule has 1 aromatic rings. The van der Waals surface area contributed by atoms with E-state index in [4.69, 9.17) is 29.6 Å². The van der Waals surface area contributed by atoms with Crippen LogP contribution < -0.4 is 11.1 Å². The zero-order valence-electron chi connectivity index (χ0n) is 10.0. The number of carbonyl (C=O) groups is 1. The van der Waals surface area contributed by atoms with Crippen molar-refractivity contribution in [2.24, 2.45) is 11.7 Å². The summed E-state index contributed by atoms with van der Waals surface area (Å²) < 4.78 is 0.747. The summed E-state index contributed by atoms with van der Waals surface area (Å²) in [4.78, 5) is 12.3. The largest absolute Gasteiger partial charge is 0.392 e. The summed E-state index contributed by atoms with van der Waals surface area (Å²) in [5.74, 6) is -0.112. The number of halogens is 2. The van der Waals surface area contributed by atoms with Crippen LogP contribution in [0.5, 0.6) is 0 Å². The van der Waals surface area contributed by atoms with E-state index < -0.39 is 0 Å². The zero-order chi connectivity index (χ0) is 13.9. The molecule has 0 fully saturated rings. The highest BCUT2D eigenvalue weighted by molar-refractivity contribution is 9.10. The van der Waals surface area contributed by atoms with E-state index >= 15 is 0 Å². The number of thiocarbonyl (C=S) groups is 1. The van der Waals surface area contributed by atoms with Gasteiger partial charge in [-0.2, -0.15) is 0 Å². The van der Waals surface area contributed by atoms with Crippen LogP contribution in [0.15, 0.2) is 22.7 Å². The number of carbonyl (C=O) groups excluding carboxylic acids is 1. The first kappa shape index (κ1) is 15.4. The van der Waals surface area contributed by atoms with Crippen molar-refractivity contribution in [3.63, 3.8) is 0 Å². The van der Waals surface area contributed by atoms with Crippen molar-refractivity contribution in [2.45, 2.75) is 19.9 Å². The standard InChI is InChI=1S/C12H14BrClN2OS/c1-6(2)10(11(15)18)16-12(17)7-3-8(13)5-9(14)4-7/h3-6,10H,1-2H3,(H2,15,18)(H,16,17). The topological polar surface area (TPSA) is 55.1 Å². The molecule has 1 amide bonds. The highest BCUT2D eigenvalue weighted by Crippen LogP contribution is 2.19. The fraction of sp³-hybridized carbons (Fsp3) is 0.333. The van der Waals surface area contributed by atoms with Gasteiger partial charge in [0.1, 0.15) is 0 Å². The van der Waals surface area contributed by atoms with Gasteiger partial charge in [0, 0.05) is 15.1 Å². The van der Waals surface area contributed by atoms with Gasteiger partial charge >= 0.3 is 0 Å². The van der Waals surface area contributed by atoms with Crippen LogP contribution in [0.3, 0.4) is 0 Å². The molecule has 0 aliphatic rings. The Morgan fingerprint density at radius 2 is 2.06 bits per heavy atom. The zero-order valence-corrected chi connectivity index (χ0v) is 13.2. The normalized spacial score (nSPS) is 12.3. The van der Waals surface area contributed by atoms with Crippen molar-refractivity contribution in [1.29, 1.82) is 0 Å². The molecule has 0 aliphatic heterocycles. The smallest absolute Gasteiger partial charge is 0.251 e. The third-order valence-corrected chi connectivity index (χ3v) is 3.31. The second kappa shape index (κ2) is 6.50. The van der Waals surface area contributed by atoms with Crippen LogP contribution in [0, 0.1) is 5.92 Å². The molecule has 1 aromatic carbocycles. The van der Waals surface area contributed by atoms with E-state index in [0.29, 0.717) is 10.6 Å². The fourth-order valence-electron chi connectivity index (χ4n) is 1.48. The van der Waals surface area contributed by atoms with E-state index in [-0.39, 0.29) is 22.9 Å². The second-order valence-corrected chi connectivity index (χ2v) is 6.08. The SMILES string of the molecule is CC(C)C(NC(=O)c1cc(Cl)cc(Br)c1)C(N)=S. The predicted octanol–water partition coefficient (Wildman–Crippen LogP) is 3.14. The Labute approximate surface area is 125 Å². The summed E-state index contributed by atoms with van der Waals surface area (Å²) in [7, 11) is 0. The van der Waals surface area contributed by atoms with Gasteiger partial charge in [0.05, 0.1) is 11.0 Å². The summed E-state index contributed by atoms with van der Waals surface area (Å²) in [6, 6.07) is 4.67. The second-order valence-electron chi connectivity index (χ2n) is 4.26. The van der Waals surface area contributed by atoms with Gasteiger partial charge in [-0.1, -0.05) is 53.6 Å². The number of benzene rings is 1.